The van der Waals surface area contributed by atoms with Crippen LogP contribution in [0.3, 0.4) is 0 Å². The minimum absolute atomic E-state index is 0.0665. The van der Waals surface area contributed by atoms with Crippen LogP contribution in [0.5, 0.6) is 0 Å². The quantitative estimate of drug-likeness (QED) is 0.789. The third kappa shape index (κ3) is 4.37. The fraction of sp³-hybridized carbons (Fsp3) is 0.389. The molecule has 1 aliphatic rings. The number of aryl methyl sites for hydroxylation is 1. The Labute approximate surface area is 166 Å². The number of carbonyl (C=O) groups excluding carboxylic acids is 2. The number of aromatic nitrogens is 1. The van der Waals surface area contributed by atoms with Gasteiger partial charge in [-0.1, -0.05) is 48.2 Å². The molecule has 1 fully saturated rings. The van der Waals surface area contributed by atoms with Crippen LogP contribution in [0.15, 0.2) is 24.3 Å². The number of halogens is 2. The normalized spacial score (nSPS) is 14.4. The number of hydrogen-bond donors (Lipinski definition) is 1. The molecule has 0 saturated heterocycles. The summed E-state index contributed by atoms with van der Waals surface area (Å²) in [6.07, 6.45) is 4.21. The summed E-state index contributed by atoms with van der Waals surface area (Å²) in [5.74, 6) is -0.630. The lowest BCUT2D eigenvalue weighted by Crippen LogP contribution is -2.44. The molecule has 26 heavy (non-hydrogen) atoms. The third-order valence-electron chi connectivity index (χ3n) is 4.38. The van der Waals surface area contributed by atoms with E-state index in [4.69, 9.17) is 23.2 Å². The Morgan fingerprint density at radius 1 is 1.31 bits per heavy atom. The average molecular weight is 412 g/mol. The Kier molecular flexibility index (Phi) is 6.16. The van der Waals surface area contributed by atoms with Gasteiger partial charge in [-0.25, -0.2) is 0 Å². The van der Waals surface area contributed by atoms with Crippen LogP contribution in [0, 0.1) is 6.92 Å². The van der Waals surface area contributed by atoms with Crippen LogP contribution in [0.2, 0.25) is 9.36 Å². The molecule has 0 bridgehead atoms. The average Bonchev–Trinajstić information content (AvgIpc) is 3.23. The van der Waals surface area contributed by atoms with Gasteiger partial charge in [-0.3, -0.25) is 14.5 Å². The van der Waals surface area contributed by atoms with Gasteiger partial charge in [0.05, 0.1) is 0 Å². The number of benzene rings is 1. The number of nitrogens with one attached hydrogen (secondary N) is 1. The second-order valence-corrected chi connectivity index (χ2v) is 8.15. The lowest BCUT2D eigenvalue weighted by Gasteiger charge is -2.23. The van der Waals surface area contributed by atoms with Crippen LogP contribution in [0.25, 0.3) is 0 Å². The summed E-state index contributed by atoms with van der Waals surface area (Å²) < 4.78 is 4.31. The van der Waals surface area contributed by atoms with Crippen molar-refractivity contribution in [2.75, 3.05) is 11.4 Å². The van der Waals surface area contributed by atoms with Gasteiger partial charge in [0, 0.05) is 11.7 Å². The van der Waals surface area contributed by atoms with Crippen molar-refractivity contribution in [3.63, 3.8) is 0 Å². The van der Waals surface area contributed by atoms with E-state index < -0.39 is 5.91 Å². The van der Waals surface area contributed by atoms with Gasteiger partial charge >= 0.3 is 0 Å². The van der Waals surface area contributed by atoms with Crippen molar-refractivity contribution in [2.45, 2.75) is 38.6 Å². The second kappa shape index (κ2) is 8.37. The van der Waals surface area contributed by atoms with Gasteiger partial charge in [0.1, 0.15) is 15.9 Å². The number of hydrogen-bond acceptors (Lipinski definition) is 4. The van der Waals surface area contributed by atoms with Crippen LogP contribution >= 0.6 is 34.7 Å². The number of rotatable bonds is 5. The van der Waals surface area contributed by atoms with E-state index in [2.05, 4.69) is 9.69 Å². The monoisotopic (exact) mass is 411 g/mol. The van der Waals surface area contributed by atoms with E-state index in [-0.39, 0.29) is 33.5 Å². The Bertz CT molecular complexity index is 819. The third-order valence-corrected chi connectivity index (χ3v) is 5.99. The van der Waals surface area contributed by atoms with Gasteiger partial charge in [0.2, 0.25) is 5.91 Å². The molecule has 3 rings (SSSR count). The maximum atomic E-state index is 13.0. The molecule has 1 aromatic carbocycles. The van der Waals surface area contributed by atoms with Crippen molar-refractivity contribution in [1.29, 1.82) is 0 Å². The number of carbonyl (C=O) groups is 2. The molecule has 0 aliphatic heterocycles. The molecule has 2 amide bonds. The summed E-state index contributed by atoms with van der Waals surface area (Å²) in [4.78, 5) is 26.9. The van der Waals surface area contributed by atoms with Gasteiger partial charge in [0.25, 0.3) is 5.91 Å². The molecular formula is C18H19Cl2N3O2S. The highest BCUT2D eigenvalue weighted by atomic mass is 35.5. The van der Waals surface area contributed by atoms with Gasteiger partial charge in [-0.2, -0.15) is 4.37 Å². The molecule has 8 heteroatoms. The van der Waals surface area contributed by atoms with Crippen LogP contribution in [0.4, 0.5) is 5.69 Å². The number of anilines is 1. The predicted octanol–water partition coefficient (Wildman–Crippen LogP) is 4.46. The molecule has 1 saturated carbocycles. The SMILES string of the molecule is Cc1cccc(N(CC(=O)NC2CCCC2)C(=O)c2nsc(Cl)c2Cl)c1. The van der Waals surface area contributed by atoms with E-state index in [0.29, 0.717) is 5.69 Å². The van der Waals surface area contributed by atoms with Gasteiger partial charge in [-0.15, -0.1) is 0 Å². The fourth-order valence-corrected chi connectivity index (χ4v) is 4.07. The zero-order chi connectivity index (χ0) is 18.7. The van der Waals surface area contributed by atoms with E-state index in [1.807, 2.05) is 25.1 Å². The molecule has 0 unspecified atom stereocenters. The first kappa shape index (κ1) is 19.1. The molecule has 0 radical (unpaired) electrons. The summed E-state index contributed by atoms with van der Waals surface area (Å²) in [6, 6.07) is 7.60. The molecule has 1 heterocycles. The minimum Gasteiger partial charge on any atom is -0.352 e. The maximum absolute atomic E-state index is 13.0. The van der Waals surface area contributed by atoms with E-state index in [1.165, 1.54) is 4.90 Å². The Morgan fingerprint density at radius 3 is 2.65 bits per heavy atom. The first-order valence-corrected chi connectivity index (χ1v) is 9.97. The summed E-state index contributed by atoms with van der Waals surface area (Å²) in [6.45, 7) is 1.84. The highest BCUT2D eigenvalue weighted by molar-refractivity contribution is 7.11. The molecule has 138 valence electrons. The lowest BCUT2D eigenvalue weighted by molar-refractivity contribution is -0.120. The van der Waals surface area contributed by atoms with E-state index >= 15 is 0 Å². The molecule has 0 spiro atoms. The molecule has 1 aromatic heterocycles. The predicted molar refractivity (Wildman–Crippen MR) is 105 cm³/mol. The van der Waals surface area contributed by atoms with Crippen LogP contribution in [-0.4, -0.2) is 28.8 Å². The summed E-state index contributed by atoms with van der Waals surface area (Å²) in [7, 11) is 0. The Morgan fingerprint density at radius 2 is 2.04 bits per heavy atom. The van der Waals surface area contributed by atoms with E-state index in [9.17, 15) is 9.59 Å². The first-order chi connectivity index (χ1) is 12.5. The summed E-state index contributed by atoms with van der Waals surface area (Å²) in [5.41, 5.74) is 1.67. The molecular weight excluding hydrogens is 393 g/mol. The topological polar surface area (TPSA) is 62.3 Å². The van der Waals surface area contributed by atoms with Crippen molar-refractivity contribution >= 4 is 52.2 Å². The van der Waals surface area contributed by atoms with E-state index in [0.717, 1.165) is 42.8 Å². The zero-order valence-corrected chi connectivity index (χ0v) is 16.6. The zero-order valence-electron chi connectivity index (χ0n) is 14.3. The maximum Gasteiger partial charge on any atom is 0.280 e. The summed E-state index contributed by atoms with van der Waals surface area (Å²) in [5, 5.41) is 3.13. The van der Waals surface area contributed by atoms with Crippen LogP contribution in [0.1, 0.15) is 41.7 Å². The second-order valence-electron chi connectivity index (χ2n) is 6.40. The minimum atomic E-state index is -0.440. The molecule has 1 N–H and O–H groups in total. The Balaban J connectivity index is 1.85. The highest BCUT2D eigenvalue weighted by Gasteiger charge is 2.27. The van der Waals surface area contributed by atoms with E-state index in [1.54, 1.807) is 6.07 Å². The first-order valence-electron chi connectivity index (χ1n) is 8.44. The van der Waals surface area contributed by atoms with Crippen LogP contribution < -0.4 is 10.2 Å². The van der Waals surface area contributed by atoms with Crippen molar-refractivity contribution < 1.29 is 9.59 Å². The Hall–Kier alpha value is -1.63. The van der Waals surface area contributed by atoms with Crippen molar-refractivity contribution in [2.24, 2.45) is 0 Å². The van der Waals surface area contributed by atoms with Gasteiger partial charge in [0.15, 0.2) is 5.69 Å². The molecule has 2 aromatic rings. The standard InChI is InChI=1S/C18H19Cl2N3O2S/c1-11-5-4-8-13(9-11)23(10-14(24)21-12-6-2-3-7-12)18(25)16-15(19)17(20)26-22-16/h4-5,8-9,12H,2-3,6-7,10H2,1H3,(H,21,24). The van der Waals surface area contributed by atoms with Crippen molar-refractivity contribution in [3.8, 4) is 0 Å². The van der Waals surface area contributed by atoms with Crippen LogP contribution in [-0.2, 0) is 4.79 Å². The number of nitrogens with zero attached hydrogens (tertiary/aromatic N) is 2. The largest absolute Gasteiger partial charge is 0.352 e. The fourth-order valence-electron chi connectivity index (χ4n) is 3.08. The summed E-state index contributed by atoms with van der Waals surface area (Å²) >= 11 is 13.0. The molecule has 1 aliphatic carbocycles. The van der Waals surface area contributed by atoms with Gasteiger partial charge in [-0.05, 0) is 49.0 Å². The lowest BCUT2D eigenvalue weighted by atomic mass is 10.2. The van der Waals surface area contributed by atoms with Crippen molar-refractivity contribution in [3.05, 3.63) is 44.9 Å². The molecule has 0 atom stereocenters. The molecule has 5 nitrogen and oxygen atoms in total. The highest BCUT2D eigenvalue weighted by Crippen LogP contribution is 2.31. The smallest absolute Gasteiger partial charge is 0.280 e. The van der Waals surface area contributed by atoms with Gasteiger partial charge < -0.3 is 5.32 Å². The number of amides is 2. The van der Waals surface area contributed by atoms with Crippen molar-refractivity contribution in [1.82, 2.24) is 9.69 Å².